The summed E-state index contributed by atoms with van der Waals surface area (Å²) in [5.74, 6) is 1.85. The van der Waals surface area contributed by atoms with Gasteiger partial charge in [0.05, 0.1) is 44.7 Å². The van der Waals surface area contributed by atoms with Gasteiger partial charge in [-0.05, 0) is 65.2 Å². The molecule has 1 unspecified atom stereocenters. The van der Waals surface area contributed by atoms with Crippen LogP contribution in [0.5, 0.6) is 11.5 Å². The van der Waals surface area contributed by atoms with Crippen molar-refractivity contribution in [3.05, 3.63) is 132 Å². The molecule has 0 saturated carbocycles. The van der Waals surface area contributed by atoms with Gasteiger partial charge in [-0.3, -0.25) is 14.2 Å². The number of thioether (sulfide) groups is 1. The van der Waals surface area contributed by atoms with Crippen molar-refractivity contribution in [1.82, 2.24) is 25.1 Å². The van der Waals surface area contributed by atoms with Gasteiger partial charge in [-0.25, -0.2) is 5.01 Å². The van der Waals surface area contributed by atoms with Crippen LogP contribution in [0.4, 0.5) is 0 Å². The molecule has 10 nitrogen and oxygen atoms in total. The summed E-state index contributed by atoms with van der Waals surface area (Å²) in [7, 11) is 3.25. The Balaban J connectivity index is 1.21. The molecular weight excluding hydrogens is 613 g/mol. The lowest BCUT2D eigenvalue weighted by atomic mass is 9.98. The second-order valence-electron chi connectivity index (χ2n) is 10.8. The van der Waals surface area contributed by atoms with Gasteiger partial charge in [0, 0.05) is 12.1 Å². The average molecular weight is 647 g/mol. The van der Waals surface area contributed by atoms with E-state index in [2.05, 4.69) is 15.5 Å². The van der Waals surface area contributed by atoms with Crippen LogP contribution >= 0.6 is 11.8 Å². The first kappa shape index (κ1) is 31.6. The first-order valence-corrected chi connectivity index (χ1v) is 16.1. The quantitative estimate of drug-likeness (QED) is 0.175. The second kappa shape index (κ2) is 14.8. The van der Waals surface area contributed by atoms with Crippen LogP contribution in [-0.4, -0.2) is 57.3 Å². The summed E-state index contributed by atoms with van der Waals surface area (Å²) < 4.78 is 12.5. The number of nitrogens with one attached hydrogen (secondary N) is 1. The molecule has 1 aliphatic rings. The van der Waals surface area contributed by atoms with E-state index < -0.39 is 0 Å². The van der Waals surface area contributed by atoms with Crippen LogP contribution < -0.4 is 14.8 Å². The van der Waals surface area contributed by atoms with Crippen LogP contribution in [0.3, 0.4) is 0 Å². The maximum Gasteiger partial charge on any atom is 0.253 e. The van der Waals surface area contributed by atoms with E-state index in [0.29, 0.717) is 17.4 Å². The van der Waals surface area contributed by atoms with Crippen LogP contribution in [0, 0.1) is 0 Å². The molecule has 2 amide bonds. The molecule has 1 atom stereocenters. The summed E-state index contributed by atoms with van der Waals surface area (Å²) in [4.78, 5) is 26.6. The van der Waals surface area contributed by atoms with Crippen molar-refractivity contribution in [1.29, 1.82) is 0 Å². The molecule has 0 fully saturated rings. The summed E-state index contributed by atoms with van der Waals surface area (Å²) >= 11 is 1.28. The molecule has 0 saturated heterocycles. The van der Waals surface area contributed by atoms with Gasteiger partial charge in [0.15, 0.2) is 11.0 Å². The van der Waals surface area contributed by atoms with E-state index in [4.69, 9.17) is 14.6 Å². The Kier molecular flexibility index (Phi) is 9.93. The monoisotopic (exact) mass is 646 g/mol. The number of hydrazone groups is 1. The Morgan fingerprint density at radius 1 is 0.830 bits per heavy atom. The van der Waals surface area contributed by atoms with Gasteiger partial charge in [-0.15, -0.1) is 10.2 Å². The highest BCUT2D eigenvalue weighted by molar-refractivity contribution is 7.99. The number of benzene rings is 4. The lowest BCUT2D eigenvalue weighted by Crippen LogP contribution is -2.28. The Bertz CT molecular complexity index is 1840. The Hall–Kier alpha value is -5.42. The van der Waals surface area contributed by atoms with Crippen molar-refractivity contribution in [3.8, 4) is 17.2 Å². The van der Waals surface area contributed by atoms with Crippen molar-refractivity contribution in [2.24, 2.45) is 5.10 Å². The molecule has 6 rings (SSSR count). The van der Waals surface area contributed by atoms with Crippen molar-refractivity contribution >= 4 is 29.3 Å². The largest absolute Gasteiger partial charge is 0.497 e. The fraction of sp³-hybridized carbons (Fsp3) is 0.194. The van der Waals surface area contributed by atoms with Crippen LogP contribution in [0.1, 0.15) is 35.0 Å². The minimum absolute atomic E-state index is 0.0807. The van der Waals surface area contributed by atoms with Gasteiger partial charge in [-0.1, -0.05) is 72.4 Å². The second-order valence-corrected chi connectivity index (χ2v) is 11.7. The minimum Gasteiger partial charge on any atom is -0.497 e. The SMILES string of the molecule is COc1ccc(C2=NN(C(=O)CSc3nnc(CNC(=O)Cc4ccccc4)n3-c3ccccc3)C(c3ccc(OC)cc3)C2)cc1. The van der Waals surface area contributed by atoms with E-state index in [9.17, 15) is 9.59 Å². The van der Waals surface area contributed by atoms with Crippen molar-refractivity contribution in [3.63, 3.8) is 0 Å². The molecule has 4 aromatic carbocycles. The summed E-state index contributed by atoms with van der Waals surface area (Å²) in [5.41, 5.74) is 4.45. The zero-order valence-corrected chi connectivity index (χ0v) is 26.9. The minimum atomic E-state index is -0.284. The van der Waals surface area contributed by atoms with E-state index in [1.165, 1.54) is 11.8 Å². The Labute approximate surface area is 277 Å². The van der Waals surface area contributed by atoms with Crippen LogP contribution in [0.15, 0.2) is 119 Å². The predicted octanol–water partition coefficient (Wildman–Crippen LogP) is 5.61. The van der Waals surface area contributed by atoms with Gasteiger partial charge >= 0.3 is 0 Å². The number of methoxy groups -OCH3 is 2. The molecule has 47 heavy (non-hydrogen) atoms. The average Bonchev–Trinajstić information content (AvgIpc) is 3.76. The highest BCUT2D eigenvalue weighted by atomic mass is 32.2. The zero-order chi connectivity index (χ0) is 32.6. The van der Waals surface area contributed by atoms with Gasteiger partial charge in [0.1, 0.15) is 11.5 Å². The van der Waals surface area contributed by atoms with E-state index >= 15 is 0 Å². The molecule has 1 N–H and O–H groups in total. The maximum atomic E-state index is 13.9. The highest BCUT2D eigenvalue weighted by Crippen LogP contribution is 2.35. The van der Waals surface area contributed by atoms with E-state index in [-0.39, 0.29) is 36.6 Å². The molecule has 0 bridgehead atoms. The number of carbonyl (C=O) groups is 2. The fourth-order valence-electron chi connectivity index (χ4n) is 5.34. The molecule has 11 heteroatoms. The lowest BCUT2D eigenvalue weighted by molar-refractivity contribution is -0.130. The molecule has 238 valence electrons. The van der Waals surface area contributed by atoms with Crippen LogP contribution in [0.25, 0.3) is 5.69 Å². The predicted molar refractivity (Wildman–Crippen MR) is 181 cm³/mol. The van der Waals surface area contributed by atoms with Crippen LogP contribution in [-0.2, 0) is 22.6 Å². The van der Waals surface area contributed by atoms with Crippen molar-refractivity contribution in [2.75, 3.05) is 20.0 Å². The number of rotatable bonds is 12. The summed E-state index contributed by atoms with van der Waals surface area (Å²) in [6.07, 6.45) is 0.822. The smallest absolute Gasteiger partial charge is 0.253 e. The maximum absolute atomic E-state index is 13.9. The fourth-order valence-corrected chi connectivity index (χ4v) is 6.17. The Morgan fingerprint density at radius 3 is 2.13 bits per heavy atom. The van der Waals surface area contributed by atoms with Gasteiger partial charge in [0.25, 0.3) is 5.91 Å². The van der Waals surface area contributed by atoms with E-state index in [1.807, 2.05) is 114 Å². The van der Waals surface area contributed by atoms with Gasteiger partial charge < -0.3 is 14.8 Å². The highest BCUT2D eigenvalue weighted by Gasteiger charge is 2.33. The number of para-hydroxylation sites is 1. The summed E-state index contributed by atoms with van der Waals surface area (Å²) in [5, 5.41) is 18.7. The molecule has 2 heterocycles. The molecule has 0 spiro atoms. The van der Waals surface area contributed by atoms with Crippen LogP contribution in [0.2, 0.25) is 0 Å². The first-order valence-electron chi connectivity index (χ1n) is 15.1. The normalized spacial score (nSPS) is 14.0. The Morgan fingerprint density at radius 2 is 1.47 bits per heavy atom. The number of ether oxygens (including phenoxy) is 2. The number of amides is 2. The van der Waals surface area contributed by atoms with Gasteiger partial charge in [0.2, 0.25) is 5.91 Å². The summed E-state index contributed by atoms with van der Waals surface area (Å²) in [6, 6.07) is 34.3. The van der Waals surface area contributed by atoms with E-state index in [0.717, 1.165) is 39.6 Å². The standard InChI is InChI=1S/C36H34N6O4S/c1-45-29-17-13-26(14-18-29)31-22-32(27-15-19-30(46-2)20-16-27)42(40-31)35(44)24-47-36-39-38-33(41(36)28-11-7-4-8-12-28)23-37-34(43)21-25-9-5-3-6-10-25/h3-20,32H,21-24H2,1-2H3,(H,37,43). The molecule has 0 aliphatic carbocycles. The molecule has 5 aromatic rings. The number of nitrogens with zero attached hydrogens (tertiary/aromatic N) is 5. The topological polar surface area (TPSA) is 111 Å². The molecule has 1 aromatic heterocycles. The first-order chi connectivity index (χ1) is 23.0. The summed E-state index contributed by atoms with van der Waals surface area (Å²) in [6.45, 7) is 0.184. The van der Waals surface area contributed by atoms with Gasteiger partial charge in [-0.2, -0.15) is 5.10 Å². The zero-order valence-electron chi connectivity index (χ0n) is 26.1. The van der Waals surface area contributed by atoms with E-state index in [1.54, 1.807) is 19.2 Å². The molecule has 1 aliphatic heterocycles. The number of aromatic nitrogens is 3. The van der Waals surface area contributed by atoms with Crippen molar-refractivity contribution in [2.45, 2.75) is 30.6 Å². The number of carbonyl (C=O) groups excluding carboxylic acids is 2. The third kappa shape index (κ3) is 7.53. The lowest BCUT2D eigenvalue weighted by Gasteiger charge is -2.22. The third-order valence-electron chi connectivity index (χ3n) is 7.78. The number of hydrogen-bond acceptors (Lipinski definition) is 8. The van der Waals surface area contributed by atoms with Crippen molar-refractivity contribution < 1.29 is 19.1 Å². The molecular formula is C36H34N6O4S. The number of hydrogen-bond donors (Lipinski definition) is 1. The molecule has 0 radical (unpaired) electrons. The third-order valence-corrected chi connectivity index (χ3v) is 8.69.